The third-order valence-corrected chi connectivity index (χ3v) is 6.44. The number of nitrogens with two attached hydrogens (primary N) is 1. The number of thioether (sulfide) groups is 4. The minimum absolute atomic E-state index is 0. The molecule has 0 aliphatic rings. The zero-order valence-corrected chi connectivity index (χ0v) is 15.7. The van der Waals surface area contributed by atoms with E-state index < -0.39 is 0 Å². The molecular weight excluding hydrogens is 322 g/mol. The molecule has 0 saturated carbocycles. The summed E-state index contributed by atoms with van der Waals surface area (Å²) in [5.74, 6) is 10.5. The highest BCUT2D eigenvalue weighted by molar-refractivity contribution is 8.03. The number of halogens is 1. The fourth-order valence-electron chi connectivity index (χ4n) is 1.21. The van der Waals surface area contributed by atoms with Crippen LogP contribution < -0.4 is 17.7 Å². The first-order valence-electron chi connectivity index (χ1n) is 6.54. The summed E-state index contributed by atoms with van der Waals surface area (Å²) in [5, 5.41) is 2.47. The van der Waals surface area contributed by atoms with Crippen LogP contribution in [0.2, 0.25) is 0 Å². The molecular formula is C12H28ClNS4. The molecule has 0 atom stereocenters. The van der Waals surface area contributed by atoms with Gasteiger partial charge in [-0.3, -0.25) is 0 Å². The molecule has 0 bridgehead atoms. The van der Waals surface area contributed by atoms with Crippen molar-refractivity contribution >= 4 is 47.0 Å². The molecule has 0 spiro atoms. The van der Waals surface area contributed by atoms with Crippen LogP contribution in [0.5, 0.6) is 0 Å². The van der Waals surface area contributed by atoms with Crippen LogP contribution in [0.4, 0.5) is 0 Å². The van der Waals surface area contributed by atoms with E-state index in [0.717, 1.165) is 0 Å². The van der Waals surface area contributed by atoms with E-state index in [4.69, 9.17) is 0 Å². The molecule has 2 N–H and O–H groups in total. The maximum absolute atomic E-state index is 2.47. The van der Waals surface area contributed by atoms with Crippen molar-refractivity contribution in [1.29, 1.82) is 0 Å². The van der Waals surface area contributed by atoms with Gasteiger partial charge in [-0.25, -0.2) is 0 Å². The first kappa shape index (κ1) is 21.9. The van der Waals surface area contributed by atoms with E-state index in [1.54, 1.807) is 0 Å². The van der Waals surface area contributed by atoms with Gasteiger partial charge < -0.3 is 17.7 Å². The average molecular weight is 350 g/mol. The Morgan fingerprint density at radius 2 is 1.00 bits per heavy atom. The van der Waals surface area contributed by atoms with Crippen molar-refractivity contribution < 1.29 is 17.7 Å². The predicted molar refractivity (Wildman–Crippen MR) is 92.3 cm³/mol. The van der Waals surface area contributed by atoms with Crippen LogP contribution in [0.1, 0.15) is 13.8 Å². The van der Waals surface area contributed by atoms with Gasteiger partial charge in [-0.05, 0) is 11.5 Å². The minimum Gasteiger partial charge on any atom is -1.00 e. The molecule has 0 aromatic carbocycles. The van der Waals surface area contributed by atoms with Gasteiger partial charge in [-0.1, -0.05) is 13.8 Å². The Morgan fingerprint density at radius 1 is 0.611 bits per heavy atom. The zero-order chi connectivity index (χ0) is 12.6. The molecule has 0 radical (unpaired) electrons. The molecule has 6 heteroatoms. The van der Waals surface area contributed by atoms with Gasteiger partial charge in [0.1, 0.15) is 0 Å². The van der Waals surface area contributed by atoms with Crippen LogP contribution in [0, 0.1) is 0 Å². The predicted octanol–water partition coefficient (Wildman–Crippen LogP) is -0.474. The Hall–Kier alpha value is 1.65. The van der Waals surface area contributed by atoms with Crippen LogP contribution in [0.3, 0.4) is 0 Å². The Bertz CT molecular complexity index is 127. The normalized spacial score (nSPS) is 10.3. The number of hydrogen-bond acceptors (Lipinski definition) is 4. The zero-order valence-electron chi connectivity index (χ0n) is 11.7. The second kappa shape index (κ2) is 21.0. The molecule has 0 saturated heterocycles. The molecule has 0 heterocycles. The molecule has 112 valence electrons. The molecule has 1 nitrogen and oxygen atoms in total. The van der Waals surface area contributed by atoms with Crippen molar-refractivity contribution in [3.8, 4) is 0 Å². The van der Waals surface area contributed by atoms with Crippen molar-refractivity contribution in [2.75, 3.05) is 59.1 Å². The molecule has 0 aromatic rings. The topological polar surface area (TPSA) is 16.6 Å². The number of rotatable bonds is 14. The minimum atomic E-state index is 0. The molecule has 0 amide bonds. The van der Waals surface area contributed by atoms with Crippen molar-refractivity contribution in [3.05, 3.63) is 0 Å². The van der Waals surface area contributed by atoms with E-state index >= 15 is 0 Å². The first-order valence-corrected chi connectivity index (χ1v) is 11.2. The van der Waals surface area contributed by atoms with Crippen molar-refractivity contribution in [2.24, 2.45) is 0 Å². The Labute approximate surface area is 137 Å². The van der Waals surface area contributed by atoms with Crippen LogP contribution in [0.25, 0.3) is 0 Å². The quantitative estimate of drug-likeness (QED) is 0.426. The van der Waals surface area contributed by atoms with Gasteiger partial charge in [0.15, 0.2) is 0 Å². The summed E-state index contributed by atoms with van der Waals surface area (Å²) in [6, 6.07) is 0. The summed E-state index contributed by atoms with van der Waals surface area (Å²) in [7, 11) is 0. The summed E-state index contributed by atoms with van der Waals surface area (Å²) < 4.78 is 0. The van der Waals surface area contributed by atoms with Crippen molar-refractivity contribution in [1.82, 2.24) is 0 Å². The van der Waals surface area contributed by atoms with Crippen LogP contribution in [0.15, 0.2) is 0 Å². The lowest BCUT2D eigenvalue weighted by Crippen LogP contribution is -3.00. The Balaban J connectivity index is 0. The summed E-state index contributed by atoms with van der Waals surface area (Å²) in [4.78, 5) is 0. The fourth-order valence-corrected chi connectivity index (χ4v) is 4.74. The highest BCUT2D eigenvalue weighted by Gasteiger charge is 1.94. The van der Waals surface area contributed by atoms with E-state index in [1.807, 2.05) is 0 Å². The lowest BCUT2D eigenvalue weighted by Gasteiger charge is -2.02. The summed E-state index contributed by atoms with van der Waals surface area (Å²) in [6.45, 7) is 7.07. The van der Waals surface area contributed by atoms with E-state index in [-0.39, 0.29) is 12.4 Å². The summed E-state index contributed by atoms with van der Waals surface area (Å²) in [5.41, 5.74) is 0. The van der Waals surface area contributed by atoms with Gasteiger partial charge in [0.2, 0.25) is 0 Å². The van der Waals surface area contributed by atoms with Gasteiger partial charge in [0.05, 0.1) is 13.1 Å². The van der Waals surface area contributed by atoms with Gasteiger partial charge in [-0.2, -0.15) is 47.0 Å². The van der Waals surface area contributed by atoms with E-state index in [0.29, 0.717) is 0 Å². The average Bonchev–Trinajstić information content (AvgIpc) is 2.35. The van der Waals surface area contributed by atoms with Gasteiger partial charge in [-0.15, -0.1) is 0 Å². The fraction of sp³-hybridized carbons (Fsp3) is 1.00. The Morgan fingerprint density at radius 3 is 1.39 bits per heavy atom. The smallest absolute Gasteiger partial charge is 0.0847 e. The SMILES string of the molecule is CCSCCSCC[NH2+]CCSCCSCC.[Cl-]. The van der Waals surface area contributed by atoms with Crippen LogP contribution in [-0.2, 0) is 0 Å². The highest BCUT2D eigenvalue weighted by Crippen LogP contribution is 2.05. The highest BCUT2D eigenvalue weighted by atomic mass is 35.5. The first-order chi connectivity index (χ1) is 8.41. The molecule has 0 rings (SSSR count). The van der Waals surface area contributed by atoms with Crippen molar-refractivity contribution in [2.45, 2.75) is 13.8 Å². The van der Waals surface area contributed by atoms with Crippen LogP contribution >= 0.6 is 47.0 Å². The number of hydrogen-bond donors (Lipinski definition) is 1. The van der Waals surface area contributed by atoms with Gasteiger partial charge >= 0.3 is 0 Å². The molecule has 0 aliphatic carbocycles. The molecule has 0 fully saturated rings. The lowest BCUT2D eigenvalue weighted by molar-refractivity contribution is -0.646. The maximum atomic E-state index is 2.47. The standard InChI is InChI=1S/C12H27NS4.ClH/c1-3-14-9-11-16-7-5-13-6-8-17-12-10-15-4-2;/h13H,3-12H2,1-2H3;1H. The largest absolute Gasteiger partial charge is 1.00 e. The van der Waals surface area contributed by atoms with Gasteiger partial charge in [0, 0.05) is 34.5 Å². The number of quaternary nitrogens is 1. The maximum Gasteiger partial charge on any atom is 0.0847 e. The second-order valence-corrected chi connectivity index (χ2v) is 8.72. The molecule has 18 heavy (non-hydrogen) atoms. The van der Waals surface area contributed by atoms with E-state index in [1.165, 1.54) is 59.1 Å². The van der Waals surface area contributed by atoms with Crippen LogP contribution in [-0.4, -0.2) is 59.1 Å². The van der Waals surface area contributed by atoms with Gasteiger partial charge in [0.25, 0.3) is 0 Å². The van der Waals surface area contributed by atoms with Crippen molar-refractivity contribution in [3.63, 3.8) is 0 Å². The second-order valence-electron chi connectivity index (χ2n) is 3.48. The molecule has 0 aliphatic heterocycles. The monoisotopic (exact) mass is 349 g/mol. The molecule has 0 aromatic heterocycles. The summed E-state index contributed by atoms with van der Waals surface area (Å²) >= 11 is 8.32. The summed E-state index contributed by atoms with van der Waals surface area (Å²) in [6.07, 6.45) is 0. The third kappa shape index (κ3) is 20.0. The lowest BCUT2D eigenvalue weighted by atomic mass is 10.7. The Kier molecular flexibility index (Phi) is 25.5. The van der Waals surface area contributed by atoms with E-state index in [2.05, 4.69) is 66.2 Å². The third-order valence-electron chi connectivity index (χ3n) is 2.08. The molecule has 0 unspecified atom stereocenters. The van der Waals surface area contributed by atoms with E-state index in [9.17, 15) is 0 Å².